The van der Waals surface area contributed by atoms with Gasteiger partial charge in [0.25, 0.3) is 5.91 Å². The van der Waals surface area contributed by atoms with Crippen molar-refractivity contribution in [2.45, 2.75) is 39.2 Å². The summed E-state index contributed by atoms with van der Waals surface area (Å²) in [5.74, 6) is 2.89. The van der Waals surface area contributed by atoms with Crippen molar-refractivity contribution in [3.05, 3.63) is 17.0 Å². The molecule has 0 N–H and O–H groups in total. The van der Waals surface area contributed by atoms with Crippen molar-refractivity contribution in [1.29, 1.82) is 0 Å². The molecule has 1 aromatic rings. The number of carbonyl (C=O) groups is 1. The second-order valence-electron chi connectivity index (χ2n) is 7.53. The van der Waals surface area contributed by atoms with Crippen molar-refractivity contribution in [2.24, 2.45) is 13.0 Å². The lowest BCUT2D eigenvalue weighted by Gasteiger charge is -2.33. The maximum Gasteiger partial charge on any atom is 0.274 e. The van der Waals surface area contributed by atoms with E-state index in [1.807, 2.05) is 28.4 Å². The van der Waals surface area contributed by atoms with Crippen LogP contribution in [0.15, 0.2) is 0 Å². The van der Waals surface area contributed by atoms with Crippen LogP contribution in [-0.4, -0.2) is 69.7 Å². The SMILES string of the molecule is CC(C)CN(C)C1CCc2c(c(C(=O)N3CCSCC3)nn2C)C1. The van der Waals surface area contributed by atoms with Crippen LogP contribution < -0.4 is 0 Å². The molecule has 134 valence electrons. The van der Waals surface area contributed by atoms with Gasteiger partial charge < -0.3 is 9.80 Å². The summed E-state index contributed by atoms with van der Waals surface area (Å²) in [5, 5.41) is 4.62. The third-order valence-corrected chi connectivity index (χ3v) is 6.15. The Morgan fingerprint density at radius 2 is 2.08 bits per heavy atom. The number of hydrogen-bond donors (Lipinski definition) is 0. The molecule has 24 heavy (non-hydrogen) atoms. The highest BCUT2D eigenvalue weighted by molar-refractivity contribution is 7.99. The normalized spacial score (nSPS) is 21.4. The second kappa shape index (κ2) is 7.48. The van der Waals surface area contributed by atoms with E-state index in [9.17, 15) is 4.79 Å². The van der Waals surface area contributed by atoms with Crippen molar-refractivity contribution in [3.8, 4) is 0 Å². The van der Waals surface area contributed by atoms with Crippen LogP contribution in [0.4, 0.5) is 0 Å². The van der Waals surface area contributed by atoms with Gasteiger partial charge in [-0.15, -0.1) is 0 Å². The molecule has 1 aliphatic carbocycles. The molecule has 0 bridgehead atoms. The Hall–Kier alpha value is -1.01. The van der Waals surface area contributed by atoms with E-state index in [0.717, 1.165) is 50.4 Å². The van der Waals surface area contributed by atoms with E-state index < -0.39 is 0 Å². The van der Waals surface area contributed by atoms with Gasteiger partial charge in [-0.3, -0.25) is 9.48 Å². The summed E-state index contributed by atoms with van der Waals surface area (Å²) < 4.78 is 1.94. The van der Waals surface area contributed by atoms with Crippen molar-refractivity contribution >= 4 is 17.7 Å². The number of likely N-dealkylation sites (N-methyl/N-ethyl adjacent to an activating group) is 1. The largest absolute Gasteiger partial charge is 0.336 e. The fourth-order valence-corrected chi connectivity index (χ4v) is 4.86. The Balaban J connectivity index is 1.80. The first-order valence-electron chi connectivity index (χ1n) is 9.09. The summed E-state index contributed by atoms with van der Waals surface area (Å²) >= 11 is 1.93. The fourth-order valence-electron chi connectivity index (χ4n) is 3.96. The maximum atomic E-state index is 13.0. The highest BCUT2D eigenvalue weighted by atomic mass is 32.2. The molecule has 1 amide bonds. The Labute approximate surface area is 149 Å². The average Bonchev–Trinajstić information content (AvgIpc) is 2.91. The molecule has 1 fully saturated rings. The van der Waals surface area contributed by atoms with Gasteiger partial charge in [-0.2, -0.15) is 16.9 Å². The van der Waals surface area contributed by atoms with Crippen LogP contribution in [0.25, 0.3) is 0 Å². The number of aryl methyl sites for hydroxylation is 1. The van der Waals surface area contributed by atoms with E-state index in [1.165, 1.54) is 11.3 Å². The first-order chi connectivity index (χ1) is 11.5. The van der Waals surface area contributed by atoms with E-state index in [0.29, 0.717) is 17.7 Å². The molecule has 0 radical (unpaired) electrons. The predicted octanol–water partition coefficient (Wildman–Crippen LogP) is 2.05. The van der Waals surface area contributed by atoms with Gasteiger partial charge in [0.1, 0.15) is 0 Å². The molecule has 0 saturated carbocycles. The van der Waals surface area contributed by atoms with Gasteiger partial charge in [-0.05, 0) is 32.2 Å². The van der Waals surface area contributed by atoms with Crippen LogP contribution in [0.3, 0.4) is 0 Å². The molecule has 1 saturated heterocycles. The number of thioether (sulfide) groups is 1. The molecule has 2 heterocycles. The third kappa shape index (κ3) is 3.64. The molecule has 1 atom stereocenters. The molecular weight excluding hydrogens is 320 g/mol. The first kappa shape index (κ1) is 17.8. The number of aromatic nitrogens is 2. The number of hydrogen-bond acceptors (Lipinski definition) is 4. The minimum atomic E-state index is 0.138. The van der Waals surface area contributed by atoms with Crippen LogP contribution in [0.5, 0.6) is 0 Å². The Kier molecular flexibility index (Phi) is 5.55. The topological polar surface area (TPSA) is 41.4 Å². The van der Waals surface area contributed by atoms with E-state index in [1.54, 1.807) is 0 Å². The lowest BCUT2D eigenvalue weighted by atomic mass is 9.90. The highest BCUT2D eigenvalue weighted by Crippen LogP contribution is 2.28. The number of nitrogens with zero attached hydrogens (tertiary/aromatic N) is 4. The van der Waals surface area contributed by atoms with Crippen molar-refractivity contribution in [3.63, 3.8) is 0 Å². The number of fused-ring (bicyclic) bond motifs is 1. The third-order valence-electron chi connectivity index (χ3n) is 5.21. The van der Waals surface area contributed by atoms with Crippen LogP contribution in [-0.2, 0) is 19.9 Å². The van der Waals surface area contributed by atoms with Gasteiger partial charge in [0, 0.05) is 55.5 Å². The molecule has 0 spiro atoms. The fraction of sp³-hybridized carbons (Fsp3) is 0.778. The van der Waals surface area contributed by atoms with Gasteiger partial charge in [-0.1, -0.05) is 13.8 Å². The van der Waals surface area contributed by atoms with Crippen molar-refractivity contribution in [1.82, 2.24) is 19.6 Å². The average molecular weight is 351 g/mol. The number of rotatable bonds is 4. The summed E-state index contributed by atoms with van der Waals surface area (Å²) in [6, 6.07) is 0.521. The molecule has 6 heteroatoms. The van der Waals surface area contributed by atoms with Gasteiger partial charge in [0.05, 0.1) is 0 Å². The zero-order valence-electron chi connectivity index (χ0n) is 15.4. The maximum absolute atomic E-state index is 13.0. The zero-order chi connectivity index (χ0) is 17.3. The van der Waals surface area contributed by atoms with Crippen LogP contribution in [0.1, 0.15) is 42.0 Å². The second-order valence-corrected chi connectivity index (χ2v) is 8.76. The van der Waals surface area contributed by atoms with E-state index in [-0.39, 0.29) is 5.91 Å². The van der Waals surface area contributed by atoms with Gasteiger partial charge in [0.2, 0.25) is 0 Å². The monoisotopic (exact) mass is 350 g/mol. The number of carbonyl (C=O) groups excluding carboxylic acids is 1. The minimum absolute atomic E-state index is 0.138. The standard InChI is InChI=1S/C18H30N4OS/c1-13(2)12-20(3)14-5-6-16-15(11-14)17(19-21(16)4)18(23)22-7-9-24-10-8-22/h13-14H,5-12H2,1-4H3. The highest BCUT2D eigenvalue weighted by Gasteiger charge is 2.32. The zero-order valence-corrected chi connectivity index (χ0v) is 16.2. The van der Waals surface area contributed by atoms with Crippen LogP contribution in [0, 0.1) is 5.92 Å². The molecule has 0 aromatic carbocycles. The molecule has 1 unspecified atom stereocenters. The van der Waals surface area contributed by atoms with E-state index >= 15 is 0 Å². The Bertz CT molecular complexity index is 592. The predicted molar refractivity (Wildman–Crippen MR) is 99.7 cm³/mol. The summed E-state index contributed by atoms with van der Waals surface area (Å²) in [6.07, 6.45) is 3.13. The summed E-state index contributed by atoms with van der Waals surface area (Å²) in [5.41, 5.74) is 3.17. The molecule has 3 rings (SSSR count). The minimum Gasteiger partial charge on any atom is -0.336 e. The first-order valence-corrected chi connectivity index (χ1v) is 10.2. The van der Waals surface area contributed by atoms with Gasteiger partial charge in [0.15, 0.2) is 5.69 Å². The number of amides is 1. The quantitative estimate of drug-likeness (QED) is 0.833. The van der Waals surface area contributed by atoms with Crippen LogP contribution in [0.2, 0.25) is 0 Å². The molecule has 1 aliphatic heterocycles. The van der Waals surface area contributed by atoms with E-state index in [2.05, 4.69) is 30.9 Å². The lowest BCUT2D eigenvalue weighted by molar-refractivity contribution is 0.0763. The smallest absolute Gasteiger partial charge is 0.274 e. The van der Waals surface area contributed by atoms with E-state index in [4.69, 9.17) is 0 Å². The Morgan fingerprint density at radius 3 is 2.75 bits per heavy atom. The van der Waals surface area contributed by atoms with Gasteiger partial charge in [-0.25, -0.2) is 0 Å². The van der Waals surface area contributed by atoms with Crippen molar-refractivity contribution in [2.75, 3.05) is 38.2 Å². The van der Waals surface area contributed by atoms with Crippen LogP contribution >= 0.6 is 11.8 Å². The summed E-state index contributed by atoms with van der Waals surface area (Å²) in [6.45, 7) is 7.33. The lowest BCUT2D eigenvalue weighted by Crippen LogP contribution is -2.40. The van der Waals surface area contributed by atoms with Gasteiger partial charge >= 0.3 is 0 Å². The Morgan fingerprint density at radius 1 is 1.38 bits per heavy atom. The molecule has 2 aliphatic rings. The molecular formula is C18H30N4OS. The molecule has 5 nitrogen and oxygen atoms in total. The van der Waals surface area contributed by atoms with Crippen molar-refractivity contribution < 1.29 is 4.79 Å². The molecule has 1 aromatic heterocycles. The summed E-state index contributed by atoms with van der Waals surface area (Å²) in [7, 11) is 4.20. The summed E-state index contributed by atoms with van der Waals surface area (Å²) in [4.78, 5) is 17.4.